The van der Waals surface area contributed by atoms with Crippen LogP contribution in [0.4, 0.5) is 0 Å². The zero-order valence-electron chi connectivity index (χ0n) is 10.5. The first-order valence-electron chi connectivity index (χ1n) is 5.77. The van der Waals surface area contributed by atoms with Crippen LogP contribution >= 0.6 is 13.5 Å². The lowest BCUT2D eigenvalue weighted by molar-refractivity contribution is 1.20. The summed E-state index contributed by atoms with van der Waals surface area (Å²) in [6, 6.07) is 20.8. The SMILES string of the molecule is S.c1ccc(-c2ccccc2)cc1.c1cnccn1. The molecule has 2 nitrogen and oxygen atoms in total. The fourth-order valence-electron chi connectivity index (χ4n) is 1.51. The normalized spacial score (nSPS) is 8.63. The van der Waals surface area contributed by atoms with Crippen LogP contribution < -0.4 is 0 Å². The first kappa shape index (κ1) is 14.9. The van der Waals surface area contributed by atoms with Crippen LogP contribution in [0.5, 0.6) is 0 Å². The van der Waals surface area contributed by atoms with Crippen molar-refractivity contribution in [3.05, 3.63) is 85.5 Å². The Hall–Kier alpha value is -2.13. The van der Waals surface area contributed by atoms with Crippen LogP contribution in [-0.2, 0) is 0 Å². The van der Waals surface area contributed by atoms with Gasteiger partial charge in [-0.2, -0.15) is 13.5 Å². The van der Waals surface area contributed by atoms with Crippen molar-refractivity contribution in [1.29, 1.82) is 0 Å². The molecular weight excluding hydrogens is 252 g/mol. The summed E-state index contributed by atoms with van der Waals surface area (Å²) in [5.41, 5.74) is 2.55. The summed E-state index contributed by atoms with van der Waals surface area (Å²) in [6.45, 7) is 0. The van der Waals surface area contributed by atoms with Crippen LogP contribution in [0.3, 0.4) is 0 Å². The molecule has 3 rings (SSSR count). The zero-order valence-corrected chi connectivity index (χ0v) is 11.5. The molecule has 96 valence electrons. The molecule has 0 aliphatic carbocycles. The van der Waals surface area contributed by atoms with Crippen molar-refractivity contribution in [1.82, 2.24) is 9.97 Å². The second-order valence-corrected chi connectivity index (χ2v) is 3.63. The summed E-state index contributed by atoms with van der Waals surface area (Å²) in [4.78, 5) is 7.44. The molecule has 3 heteroatoms. The number of hydrogen-bond donors (Lipinski definition) is 0. The summed E-state index contributed by atoms with van der Waals surface area (Å²) in [5, 5.41) is 0. The molecule has 19 heavy (non-hydrogen) atoms. The molecular formula is C16H16N2S. The van der Waals surface area contributed by atoms with Crippen LogP contribution in [0.1, 0.15) is 0 Å². The first-order chi connectivity index (χ1) is 8.97. The molecule has 0 spiro atoms. The summed E-state index contributed by atoms with van der Waals surface area (Å²) in [5.74, 6) is 0. The molecule has 0 atom stereocenters. The maximum absolute atomic E-state index is 3.72. The number of aromatic nitrogens is 2. The second kappa shape index (κ2) is 8.89. The average molecular weight is 268 g/mol. The van der Waals surface area contributed by atoms with Gasteiger partial charge in [0.05, 0.1) is 0 Å². The summed E-state index contributed by atoms with van der Waals surface area (Å²) in [6.07, 6.45) is 6.56. The Morgan fingerprint density at radius 3 is 1.05 bits per heavy atom. The van der Waals surface area contributed by atoms with E-state index in [2.05, 4.69) is 58.5 Å². The molecule has 1 aromatic heterocycles. The highest BCUT2D eigenvalue weighted by atomic mass is 32.1. The molecule has 0 saturated heterocycles. The molecule has 0 aliphatic heterocycles. The van der Waals surface area contributed by atoms with E-state index in [1.54, 1.807) is 24.8 Å². The van der Waals surface area contributed by atoms with Gasteiger partial charge in [-0.3, -0.25) is 9.97 Å². The molecule has 0 radical (unpaired) electrons. The fraction of sp³-hybridized carbons (Fsp3) is 0. The van der Waals surface area contributed by atoms with Gasteiger partial charge >= 0.3 is 0 Å². The molecule has 3 aromatic rings. The standard InChI is InChI=1S/C12H10.C4H4N2.H2S/c1-3-7-11(8-4-1)12-9-5-2-6-10-12;1-2-6-4-3-5-1;/h1-10H;1-4H;1H2. The van der Waals surface area contributed by atoms with Gasteiger partial charge in [0.15, 0.2) is 0 Å². The van der Waals surface area contributed by atoms with Crippen molar-refractivity contribution in [2.24, 2.45) is 0 Å². The van der Waals surface area contributed by atoms with Gasteiger partial charge in [-0.1, -0.05) is 60.7 Å². The number of hydrogen-bond acceptors (Lipinski definition) is 2. The average Bonchev–Trinajstić information content (AvgIpc) is 2.51. The summed E-state index contributed by atoms with van der Waals surface area (Å²) < 4.78 is 0. The largest absolute Gasteiger partial charge is 0.262 e. The lowest BCUT2D eigenvalue weighted by atomic mass is 10.1. The topological polar surface area (TPSA) is 25.8 Å². The van der Waals surface area contributed by atoms with Gasteiger partial charge in [-0.15, -0.1) is 0 Å². The highest BCUT2D eigenvalue weighted by molar-refractivity contribution is 7.59. The Morgan fingerprint density at radius 1 is 0.474 bits per heavy atom. The Morgan fingerprint density at radius 2 is 0.789 bits per heavy atom. The van der Waals surface area contributed by atoms with E-state index in [9.17, 15) is 0 Å². The highest BCUT2D eigenvalue weighted by Gasteiger charge is 1.91. The van der Waals surface area contributed by atoms with Crippen LogP contribution in [0, 0.1) is 0 Å². The number of rotatable bonds is 1. The first-order valence-corrected chi connectivity index (χ1v) is 5.77. The summed E-state index contributed by atoms with van der Waals surface area (Å²) in [7, 11) is 0. The molecule has 0 fully saturated rings. The van der Waals surface area contributed by atoms with Gasteiger partial charge < -0.3 is 0 Å². The van der Waals surface area contributed by atoms with Gasteiger partial charge in [0, 0.05) is 24.8 Å². The van der Waals surface area contributed by atoms with E-state index >= 15 is 0 Å². The minimum absolute atomic E-state index is 0. The van der Waals surface area contributed by atoms with Crippen molar-refractivity contribution in [3.8, 4) is 11.1 Å². The van der Waals surface area contributed by atoms with Crippen LogP contribution in [0.2, 0.25) is 0 Å². The van der Waals surface area contributed by atoms with E-state index in [0.29, 0.717) is 0 Å². The van der Waals surface area contributed by atoms with E-state index in [0.717, 1.165) is 0 Å². The van der Waals surface area contributed by atoms with E-state index in [1.807, 2.05) is 12.1 Å². The monoisotopic (exact) mass is 268 g/mol. The van der Waals surface area contributed by atoms with Gasteiger partial charge in [-0.25, -0.2) is 0 Å². The lowest BCUT2D eigenvalue weighted by Crippen LogP contribution is -1.73. The number of benzene rings is 2. The molecule has 0 unspecified atom stereocenters. The maximum Gasteiger partial charge on any atom is 0.0451 e. The smallest absolute Gasteiger partial charge is 0.0451 e. The second-order valence-electron chi connectivity index (χ2n) is 3.63. The highest BCUT2D eigenvalue weighted by Crippen LogP contribution is 2.17. The van der Waals surface area contributed by atoms with Gasteiger partial charge in [-0.05, 0) is 11.1 Å². The molecule has 0 amide bonds. The van der Waals surface area contributed by atoms with E-state index in [4.69, 9.17) is 0 Å². The van der Waals surface area contributed by atoms with E-state index in [-0.39, 0.29) is 13.5 Å². The minimum atomic E-state index is 0. The molecule has 2 aromatic carbocycles. The Balaban J connectivity index is 0.000000220. The van der Waals surface area contributed by atoms with E-state index < -0.39 is 0 Å². The third-order valence-electron chi connectivity index (χ3n) is 2.36. The Bertz CT molecular complexity index is 477. The molecule has 0 saturated carbocycles. The van der Waals surface area contributed by atoms with Gasteiger partial charge in [0.2, 0.25) is 0 Å². The lowest BCUT2D eigenvalue weighted by Gasteiger charge is -1.98. The van der Waals surface area contributed by atoms with Crippen molar-refractivity contribution in [2.45, 2.75) is 0 Å². The summed E-state index contributed by atoms with van der Waals surface area (Å²) >= 11 is 0. The van der Waals surface area contributed by atoms with Crippen LogP contribution in [-0.4, -0.2) is 9.97 Å². The Labute approximate surface area is 120 Å². The molecule has 0 bridgehead atoms. The van der Waals surface area contributed by atoms with E-state index in [1.165, 1.54) is 11.1 Å². The fourth-order valence-corrected chi connectivity index (χ4v) is 1.51. The van der Waals surface area contributed by atoms with Crippen molar-refractivity contribution in [2.75, 3.05) is 0 Å². The Kier molecular flexibility index (Phi) is 6.98. The van der Waals surface area contributed by atoms with Crippen molar-refractivity contribution in [3.63, 3.8) is 0 Å². The zero-order chi connectivity index (χ0) is 12.5. The van der Waals surface area contributed by atoms with Crippen LogP contribution in [0.15, 0.2) is 85.5 Å². The van der Waals surface area contributed by atoms with Gasteiger partial charge in [0.25, 0.3) is 0 Å². The minimum Gasteiger partial charge on any atom is -0.262 e. The van der Waals surface area contributed by atoms with Gasteiger partial charge in [0.1, 0.15) is 0 Å². The van der Waals surface area contributed by atoms with Crippen molar-refractivity contribution < 1.29 is 0 Å². The third-order valence-corrected chi connectivity index (χ3v) is 2.36. The predicted molar refractivity (Wildman–Crippen MR) is 84.3 cm³/mol. The maximum atomic E-state index is 3.72. The quantitative estimate of drug-likeness (QED) is 0.668. The van der Waals surface area contributed by atoms with Crippen LogP contribution in [0.25, 0.3) is 11.1 Å². The number of nitrogens with zero attached hydrogens (tertiary/aromatic N) is 2. The third kappa shape index (κ3) is 5.36. The van der Waals surface area contributed by atoms with Crippen molar-refractivity contribution >= 4 is 13.5 Å². The molecule has 0 N–H and O–H groups in total. The predicted octanol–water partition coefficient (Wildman–Crippen LogP) is 3.94. The molecule has 0 aliphatic rings. The molecule has 1 heterocycles.